The molecule has 3 rings (SSSR count). The molecule has 0 amide bonds. The molecule has 1 heterocycles. The summed E-state index contributed by atoms with van der Waals surface area (Å²) in [5.74, 6) is 1.18. The third-order valence-electron chi connectivity index (χ3n) is 3.55. The molecule has 0 fully saturated rings. The highest BCUT2D eigenvalue weighted by molar-refractivity contribution is 7.98. The first-order valence-corrected chi connectivity index (χ1v) is 8.20. The van der Waals surface area contributed by atoms with Crippen LogP contribution in [0.1, 0.15) is 0 Å². The van der Waals surface area contributed by atoms with Crippen molar-refractivity contribution in [2.75, 3.05) is 20.5 Å². The number of thioether (sulfide) groups is 1. The summed E-state index contributed by atoms with van der Waals surface area (Å²) >= 11 is 1.42. The number of aromatic nitrogens is 2. The first-order valence-electron chi connectivity index (χ1n) is 6.97. The van der Waals surface area contributed by atoms with Gasteiger partial charge in [-0.15, -0.1) is 0 Å². The van der Waals surface area contributed by atoms with E-state index in [1.807, 2.05) is 30.5 Å². The lowest BCUT2D eigenvalue weighted by molar-refractivity contribution is 0.354. The van der Waals surface area contributed by atoms with Crippen molar-refractivity contribution in [3.63, 3.8) is 0 Å². The van der Waals surface area contributed by atoms with E-state index in [9.17, 15) is 4.79 Å². The van der Waals surface area contributed by atoms with Crippen molar-refractivity contribution in [3.05, 3.63) is 52.8 Å². The second kappa shape index (κ2) is 6.34. The molecule has 0 radical (unpaired) electrons. The van der Waals surface area contributed by atoms with E-state index in [-0.39, 0.29) is 5.56 Å². The van der Waals surface area contributed by atoms with E-state index in [1.165, 1.54) is 11.8 Å². The zero-order valence-corrected chi connectivity index (χ0v) is 13.9. The van der Waals surface area contributed by atoms with E-state index >= 15 is 0 Å². The summed E-state index contributed by atoms with van der Waals surface area (Å²) in [6.07, 6.45) is 1.90. The normalized spacial score (nSPS) is 10.7. The summed E-state index contributed by atoms with van der Waals surface area (Å²) in [5, 5.41) is 1.21. The molecular formula is C17H16N2O3S. The van der Waals surface area contributed by atoms with Gasteiger partial charge < -0.3 is 9.47 Å². The molecule has 0 aliphatic rings. The molecule has 0 N–H and O–H groups in total. The Morgan fingerprint density at radius 1 is 1.04 bits per heavy atom. The quantitative estimate of drug-likeness (QED) is 0.544. The second-order valence-corrected chi connectivity index (χ2v) is 5.57. The predicted octanol–water partition coefficient (Wildman–Crippen LogP) is 3.12. The standard InChI is InChI=1S/C17H16N2O3S/c1-21-14-9-8-11(10-15(14)22-2)19-16(20)12-6-4-5-7-13(12)18-17(19)23-3/h4-10H,1-3H3. The molecule has 6 heteroatoms. The van der Waals surface area contributed by atoms with Crippen LogP contribution < -0.4 is 15.0 Å². The SMILES string of the molecule is COc1ccc(-n2c(SC)nc3ccccc3c2=O)cc1OC. The number of nitrogens with zero attached hydrogens (tertiary/aromatic N) is 2. The number of benzene rings is 2. The van der Waals surface area contributed by atoms with Crippen LogP contribution in [0.5, 0.6) is 11.5 Å². The van der Waals surface area contributed by atoms with E-state index < -0.39 is 0 Å². The van der Waals surface area contributed by atoms with Crippen molar-refractivity contribution in [2.45, 2.75) is 5.16 Å². The number of fused-ring (bicyclic) bond motifs is 1. The van der Waals surface area contributed by atoms with Crippen LogP contribution in [0.2, 0.25) is 0 Å². The van der Waals surface area contributed by atoms with Crippen molar-refractivity contribution >= 4 is 22.7 Å². The Morgan fingerprint density at radius 3 is 2.48 bits per heavy atom. The van der Waals surface area contributed by atoms with Gasteiger partial charge in [0.15, 0.2) is 16.7 Å². The highest BCUT2D eigenvalue weighted by Gasteiger charge is 2.14. The Bertz CT molecular complexity index is 921. The lowest BCUT2D eigenvalue weighted by Gasteiger charge is -2.14. The van der Waals surface area contributed by atoms with Gasteiger partial charge in [0.05, 0.1) is 30.8 Å². The monoisotopic (exact) mass is 328 g/mol. The summed E-state index contributed by atoms with van der Waals surface area (Å²) in [6, 6.07) is 12.7. The van der Waals surface area contributed by atoms with Crippen LogP contribution in [0.4, 0.5) is 0 Å². The van der Waals surface area contributed by atoms with Gasteiger partial charge in [0.2, 0.25) is 0 Å². The molecule has 0 aliphatic carbocycles. The Labute approximate surface area is 137 Å². The fourth-order valence-electron chi connectivity index (χ4n) is 2.44. The van der Waals surface area contributed by atoms with Crippen LogP contribution in [0.3, 0.4) is 0 Å². The average Bonchev–Trinajstić information content (AvgIpc) is 2.61. The van der Waals surface area contributed by atoms with Crippen LogP contribution >= 0.6 is 11.8 Å². The minimum atomic E-state index is -0.104. The molecule has 0 atom stereocenters. The van der Waals surface area contributed by atoms with Gasteiger partial charge in [0.1, 0.15) is 0 Å². The van der Waals surface area contributed by atoms with Gasteiger partial charge in [-0.1, -0.05) is 23.9 Å². The summed E-state index contributed by atoms with van der Waals surface area (Å²) in [7, 11) is 3.15. The number of rotatable bonds is 4. The summed E-state index contributed by atoms with van der Waals surface area (Å²) in [5.41, 5.74) is 1.28. The van der Waals surface area contributed by atoms with Crippen molar-refractivity contribution in [1.29, 1.82) is 0 Å². The van der Waals surface area contributed by atoms with Gasteiger partial charge >= 0.3 is 0 Å². The molecule has 118 valence electrons. The van der Waals surface area contributed by atoms with Crippen LogP contribution in [0.15, 0.2) is 52.4 Å². The molecule has 2 aromatic carbocycles. The maximum atomic E-state index is 12.9. The zero-order valence-electron chi connectivity index (χ0n) is 13.1. The maximum Gasteiger partial charge on any atom is 0.266 e. The fraction of sp³-hybridized carbons (Fsp3) is 0.176. The summed E-state index contributed by atoms with van der Waals surface area (Å²) in [4.78, 5) is 17.5. The zero-order chi connectivity index (χ0) is 16.4. The first kappa shape index (κ1) is 15.4. The molecule has 0 saturated heterocycles. The highest BCUT2D eigenvalue weighted by Crippen LogP contribution is 2.30. The molecule has 5 nitrogen and oxygen atoms in total. The van der Waals surface area contributed by atoms with Gasteiger partial charge in [-0.05, 0) is 30.5 Å². The third-order valence-corrected chi connectivity index (χ3v) is 4.19. The molecule has 0 spiro atoms. The minimum Gasteiger partial charge on any atom is -0.493 e. The number of ether oxygens (including phenoxy) is 2. The number of methoxy groups -OCH3 is 2. The van der Waals surface area contributed by atoms with Gasteiger partial charge in [-0.3, -0.25) is 9.36 Å². The summed E-state index contributed by atoms with van der Waals surface area (Å²) < 4.78 is 12.2. The van der Waals surface area contributed by atoms with Crippen LogP contribution in [-0.4, -0.2) is 30.0 Å². The highest BCUT2D eigenvalue weighted by atomic mass is 32.2. The van der Waals surface area contributed by atoms with Gasteiger partial charge in [-0.2, -0.15) is 0 Å². The third kappa shape index (κ3) is 2.66. The molecule has 23 heavy (non-hydrogen) atoms. The Balaban J connectivity index is 2.31. The smallest absolute Gasteiger partial charge is 0.266 e. The summed E-state index contributed by atoms with van der Waals surface area (Å²) in [6.45, 7) is 0. The topological polar surface area (TPSA) is 53.4 Å². The lowest BCUT2D eigenvalue weighted by Crippen LogP contribution is -2.21. The molecule has 0 saturated carbocycles. The van der Waals surface area contributed by atoms with Crippen molar-refractivity contribution in [3.8, 4) is 17.2 Å². The Morgan fingerprint density at radius 2 is 1.78 bits per heavy atom. The first-order chi connectivity index (χ1) is 11.2. The fourth-order valence-corrected chi connectivity index (χ4v) is 3.00. The number of hydrogen-bond acceptors (Lipinski definition) is 5. The van der Waals surface area contributed by atoms with Crippen molar-refractivity contribution in [2.24, 2.45) is 0 Å². The Hall–Kier alpha value is -2.47. The van der Waals surface area contributed by atoms with E-state index in [2.05, 4.69) is 4.98 Å². The van der Waals surface area contributed by atoms with Crippen molar-refractivity contribution < 1.29 is 9.47 Å². The molecule has 0 aliphatic heterocycles. The maximum absolute atomic E-state index is 12.9. The van der Waals surface area contributed by atoms with Crippen LogP contribution in [0.25, 0.3) is 16.6 Å². The van der Waals surface area contributed by atoms with Crippen LogP contribution in [0, 0.1) is 0 Å². The van der Waals surface area contributed by atoms with Crippen LogP contribution in [-0.2, 0) is 0 Å². The molecule has 0 bridgehead atoms. The second-order valence-electron chi connectivity index (χ2n) is 4.80. The lowest BCUT2D eigenvalue weighted by atomic mass is 10.2. The van der Waals surface area contributed by atoms with E-state index in [0.29, 0.717) is 33.2 Å². The largest absolute Gasteiger partial charge is 0.493 e. The number of para-hydroxylation sites is 1. The van der Waals surface area contributed by atoms with E-state index in [1.54, 1.807) is 37.0 Å². The minimum absolute atomic E-state index is 0.104. The van der Waals surface area contributed by atoms with E-state index in [4.69, 9.17) is 9.47 Å². The average molecular weight is 328 g/mol. The molecule has 0 unspecified atom stereocenters. The molecule has 1 aromatic heterocycles. The van der Waals surface area contributed by atoms with Gasteiger partial charge in [-0.25, -0.2) is 4.98 Å². The van der Waals surface area contributed by atoms with E-state index in [0.717, 1.165) is 0 Å². The molecular weight excluding hydrogens is 312 g/mol. The Kier molecular flexibility index (Phi) is 4.25. The van der Waals surface area contributed by atoms with Crippen molar-refractivity contribution in [1.82, 2.24) is 9.55 Å². The predicted molar refractivity (Wildman–Crippen MR) is 92.2 cm³/mol. The molecule has 3 aromatic rings. The number of hydrogen-bond donors (Lipinski definition) is 0. The van der Waals surface area contributed by atoms with Gasteiger partial charge in [0, 0.05) is 6.07 Å². The van der Waals surface area contributed by atoms with Gasteiger partial charge in [0.25, 0.3) is 5.56 Å².